The minimum Gasteiger partial charge on any atom is -0.358 e. The van der Waals surface area contributed by atoms with Gasteiger partial charge in [0.2, 0.25) is 5.91 Å². The van der Waals surface area contributed by atoms with Gasteiger partial charge in [-0.05, 0) is 45.2 Å². The zero-order valence-corrected chi connectivity index (χ0v) is 12.2. The van der Waals surface area contributed by atoms with E-state index in [1.807, 2.05) is 0 Å². The Balaban J connectivity index is 2.42. The maximum atomic E-state index is 11.5. The molecular formula is C14H29N3O. The molecule has 0 atom stereocenters. The van der Waals surface area contributed by atoms with Crippen molar-refractivity contribution in [3.05, 3.63) is 0 Å². The number of hydrogen-bond donors (Lipinski definition) is 2. The fourth-order valence-corrected chi connectivity index (χ4v) is 2.88. The van der Waals surface area contributed by atoms with E-state index in [0.717, 1.165) is 19.5 Å². The van der Waals surface area contributed by atoms with E-state index in [-0.39, 0.29) is 5.91 Å². The molecule has 1 rings (SSSR count). The van der Waals surface area contributed by atoms with Crippen LogP contribution in [0.5, 0.6) is 0 Å². The van der Waals surface area contributed by atoms with Crippen LogP contribution < -0.4 is 10.6 Å². The van der Waals surface area contributed by atoms with Crippen molar-refractivity contribution in [2.24, 2.45) is 0 Å². The molecule has 0 aromatic rings. The molecule has 4 heteroatoms. The van der Waals surface area contributed by atoms with E-state index in [4.69, 9.17) is 0 Å². The van der Waals surface area contributed by atoms with Gasteiger partial charge in [0.15, 0.2) is 0 Å². The molecule has 0 saturated heterocycles. The van der Waals surface area contributed by atoms with Gasteiger partial charge in [-0.3, -0.25) is 9.69 Å². The van der Waals surface area contributed by atoms with Crippen LogP contribution in [0, 0.1) is 0 Å². The molecule has 1 saturated carbocycles. The summed E-state index contributed by atoms with van der Waals surface area (Å²) in [6.07, 6.45) is 6.03. The van der Waals surface area contributed by atoms with E-state index >= 15 is 0 Å². The monoisotopic (exact) mass is 255 g/mol. The predicted octanol–water partition coefficient (Wildman–Crippen LogP) is 1.37. The standard InChI is InChI=1S/C14H29N3O/c1-4-10-17(11-14(18)15-3)13-8-6-12(7-9-13)16-5-2/h12-13,16H,4-11H2,1-3H3,(H,15,18). The molecule has 1 aliphatic rings. The summed E-state index contributed by atoms with van der Waals surface area (Å²) in [4.78, 5) is 13.9. The minimum absolute atomic E-state index is 0.136. The van der Waals surface area contributed by atoms with Crippen LogP contribution in [0.1, 0.15) is 46.0 Å². The van der Waals surface area contributed by atoms with Crippen LogP contribution in [0.2, 0.25) is 0 Å². The Labute approximate surface area is 111 Å². The van der Waals surface area contributed by atoms with E-state index in [1.165, 1.54) is 25.7 Å². The summed E-state index contributed by atoms with van der Waals surface area (Å²) in [5.74, 6) is 0.136. The first-order valence-electron chi connectivity index (χ1n) is 7.39. The molecule has 0 heterocycles. The number of amides is 1. The molecule has 0 bridgehead atoms. The molecule has 1 aliphatic carbocycles. The number of hydrogen-bond acceptors (Lipinski definition) is 3. The van der Waals surface area contributed by atoms with Gasteiger partial charge in [0.1, 0.15) is 0 Å². The van der Waals surface area contributed by atoms with Crippen LogP contribution >= 0.6 is 0 Å². The molecule has 0 radical (unpaired) electrons. The fourth-order valence-electron chi connectivity index (χ4n) is 2.88. The van der Waals surface area contributed by atoms with E-state index < -0.39 is 0 Å². The van der Waals surface area contributed by atoms with Gasteiger partial charge in [0.25, 0.3) is 0 Å². The van der Waals surface area contributed by atoms with Crippen LogP contribution in [0.4, 0.5) is 0 Å². The van der Waals surface area contributed by atoms with Crippen LogP contribution in [0.15, 0.2) is 0 Å². The van der Waals surface area contributed by atoms with Crippen molar-refractivity contribution in [1.82, 2.24) is 15.5 Å². The highest BCUT2D eigenvalue weighted by atomic mass is 16.1. The smallest absolute Gasteiger partial charge is 0.233 e. The van der Waals surface area contributed by atoms with Crippen molar-refractivity contribution in [2.45, 2.75) is 58.0 Å². The lowest BCUT2D eigenvalue weighted by molar-refractivity contribution is -0.122. The van der Waals surface area contributed by atoms with Gasteiger partial charge in [0, 0.05) is 19.1 Å². The predicted molar refractivity (Wildman–Crippen MR) is 75.7 cm³/mol. The summed E-state index contributed by atoms with van der Waals surface area (Å²) in [7, 11) is 1.72. The molecular weight excluding hydrogens is 226 g/mol. The van der Waals surface area contributed by atoms with Crippen molar-refractivity contribution in [2.75, 3.05) is 26.7 Å². The van der Waals surface area contributed by atoms with E-state index in [2.05, 4.69) is 29.4 Å². The molecule has 0 aromatic carbocycles. The summed E-state index contributed by atoms with van der Waals surface area (Å²) < 4.78 is 0. The van der Waals surface area contributed by atoms with Gasteiger partial charge in [0.05, 0.1) is 6.54 Å². The van der Waals surface area contributed by atoms with Gasteiger partial charge in [-0.1, -0.05) is 13.8 Å². The Morgan fingerprint density at radius 1 is 1.22 bits per heavy atom. The lowest BCUT2D eigenvalue weighted by Gasteiger charge is -2.36. The molecule has 0 aliphatic heterocycles. The second-order valence-electron chi connectivity index (χ2n) is 5.21. The van der Waals surface area contributed by atoms with Gasteiger partial charge in [-0.25, -0.2) is 0 Å². The first-order valence-corrected chi connectivity index (χ1v) is 7.39. The lowest BCUT2D eigenvalue weighted by Crippen LogP contribution is -2.46. The maximum absolute atomic E-state index is 11.5. The summed E-state index contributed by atoms with van der Waals surface area (Å²) in [5.41, 5.74) is 0. The first-order chi connectivity index (χ1) is 8.71. The third-order valence-corrected chi connectivity index (χ3v) is 3.84. The van der Waals surface area contributed by atoms with E-state index in [9.17, 15) is 4.79 Å². The Bertz CT molecular complexity index is 237. The molecule has 0 spiro atoms. The van der Waals surface area contributed by atoms with Crippen LogP contribution in [-0.4, -0.2) is 49.6 Å². The molecule has 1 amide bonds. The Kier molecular flexibility index (Phi) is 7.28. The number of nitrogens with zero attached hydrogens (tertiary/aromatic N) is 1. The number of carbonyl (C=O) groups is 1. The highest BCUT2D eigenvalue weighted by Gasteiger charge is 2.25. The van der Waals surface area contributed by atoms with Gasteiger partial charge in [-0.15, -0.1) is 0 Å². The van der Waals surface area contributed by atoms with Crippen molar-refractivity contribution in [3.8, 4) is 0 Å². The minimum atomic E-state index is 0.136. The topological polar surface area (TPSA) is 44.4 Å². The van der Waals surface area contributed by atoms with E-state index in [1.54, 1.807) is 7.05 Å². The third-order valence-electron chi connectivity index (χ3n) is 3.84. The van der Waals surface area contributed by atoms with E-state index in [0.29, 0.717) is 18.6 Å². The number of carbonyl (C=O) groups excluding carboxylic acids is 1. The Morgan fingerprint density at radius 2 is 1.89 bits per heavy atom. The SMILES string of the molecule is CCCN(CC(=O)NC)C1CCC(NCC)CC1. The highest BCUT2D eigenvalue weighted by molar-refractivity contribution is 5.77. The first kappa shape index (κ1) is 15.4. The Morgan fingerprint density at radius 3 is 2.39 bits per heavy atom. The summed E-state index contributed by atoms with van der Waals surface area (Å²) in [6, 6.07) is 1.28. The largest absolute Gasteiger partial charge is 0.358 e. The molecule has 0 unspecified atom stereocenters. The zero-order valence-electron chi connectivity index (χ0n) is 12.2. The average molecular weight is 255 g/mol. The molecule has 2 N–H and O–H groups in total. The fraction of sp³-hybridized carbons (Fsp3) is 0.929. The van der Waals surface area contributed by atoms with Gasteiger partial charge >= 0.3 is 0 Å². The second kappa shape index (κ2) is 8.48. The average Bonchev–Trinajstić information content (AvgIpc) is 2.39. The van der Waals surface area contributed by atoms with Crippen molar-refractivity contribution in [3.63, 3.8) is 0 Å². The molecule has 106 valence electrons. The van der Waals surface area contributed by atoms with Gasteiger partial charge < -0.3 is 10.6 Å². The Hall–Kier alpha value is -0.610. The molecule has 0 aromatic heterocycles. The van der Waals surface area contributed by atoms with Crippen LogP contribution in [0.3, 0.4) is 0 Å². The third kappa shape index (κ3) is 4.94. The van der Waals surface area contributed by atoms with Gasteiger partial charge in [-0.2, -0.15) is 0 Å². The van der Waals surface area contributed by atoms with Crippen molar-refractivity contribution in [1.29, 1.82) is 0 Å². The second-order valence-corrected chi connectivity index (χ2v) is 5.21. The highest BCUT2D eigenvalue weighted by Crippen LogP contribution is 2.23. The lowest BCUT2D eigenvalue weighted by atomic mass is 9.90. The number of likely N-dealkylation sites (N-methyl/N-ethyl adjacent to an activating group) is 1. The summed E-state index contributed by atoms with van der Waals surface area (Å²) in [5, 5.41) is 6.26. The molecule has 1 fully saturated rings. The molecule has 4 nitrogen and oxygen atoms in total. The van der Waals surface area contributed by atoms with Crippen LogP contribution in [-0.2, 0) is 4.79 Å². The maximum Gasteiger partial charge on any atom is 0.233 e. The number of nitrogens with one attached hydrogen (secondary N) is 2. The quantitative estimate of drug-likeness (QED) is 0.722. The zero-order chi connectivity index (χ0) is 13.4. The normalized spacial score (nSPS) is 24.2. The summed E-state index contributed by atoms with van der Waals surface area (Å²) >= 11 is 0. The van der Waals surface area contributed by atoms with Crippen molar-refractivity contribution >= 4 is 5.91 Å². The van der Waals surface area contributed by atoms with Crippen LogP contribution in [0.25, 0.3) is 0 Å². The number of rotatable bonds is 7. The molecule has 18 heavy (non-hydrogen) atoms. The van der Waals surface area contributed by atoms with Crippen molar-refractivity contribution < 1.29 is 4.79 Å². The summed E-state index contributed by atoms with van der Waals surface area (Å²) in [6.45, 7) is 7.00.